The third-order valence-electron chi connectivity index (χ3n) is 3.11. The first-order chi connectivity index (χ1) is 8.58. The van der Waals surface area contributed by atoms with Crippen LogP contribution in [0, 0.1) is 5.92 Å². The van der Waals surface area contributed by atoms with Crippen molar-refractivity contribution >= 4 is 12.0 Å². The number of carboxylic acid groups (broad SMARTS) is 1. The van der Waals surface area contributed by atoms with E-state index in [4.69, 9.17) is 5.11 Å². The normalized spacial score (nSPS) is 20.6. The quantitative estimate of drug-likeness (QED) is 0.847. The van der Waals surface area contributed by atoms with Gasteiger partial charge in [0.05, 0.1) is 12.0 Å². The van der Waals surface area contributed by atoms with Crippen LogP contribution in [-0.2, 0) is 4.79 Å². The van der Waals surface area contributed by atoms with Crippen molar-refractivity contribution in [1.29, 1.82) is 0 Å². The fraction of sp³-hybridized carbons (Fsp3) is 0.385. The molecule has 0 radical (unpaired) electrons. The third-order valence-corrected chi connectivity index (χ3v) is 3.11. The van der Waals surface area contributed by atoms with Gasteiger partial charge in [-0.2, -0.15) is 0 Å². The van der Waals surface area contributed by atoms with Crippen LogP contribution >= 0.6 is 0 Å². The standard InChI is InChI=1S/C13H16N2O3/c1-9(12(16)17)7-15-8-11(14-13(15)18)10-5-3-2-4-6-10/h2-6,9,11H,7-8H2,1H3,(H,14,18)(H,16,17). The smallest absolute Gasteiger partial charge is 0.318 e. The molecule has 1 aromatic rings. The van der Waals surface area contributed by atoms with E-state index in [0.717, 1.165) is 5.56 Å². The summed E-state index contributed by atoms with van der Waals surface area (Å²) in [6.07, 6.45) is 0. The van der Waals surface area contributed by atoms with Gasteiger partial charge in [0.15, 0.2) is 0 Å². The van der Waals surface area contributed by atoms with Crippen molar-refractivity contribution in [3.8, 4) is 0 Å². The van der Waals surface area contributed by atoms with Gasteiger partial charge in [-0.3, -0.25) is 4.79 Å². The summed E-state index contributed by atoms with van der Waals surface area (Å²) >= 11 is 0. The Morgan fingerprint density at radius 3 is 2.78 bits per heavy atom. The number of aliphatic carboxylic acids is 1. The van der Waals surface area contributed by atoms with Gasteiger partial charge in [0, 0.05) is 13.1 Å². The summed E-state index contributed by atoms with van der Waals surface area (Å²) in [5.74, 6) is -1.43. The molecule has 5 nitrogen and oxygen atoms in total. The minimum absolute atomic E-state index is 0.0558. The van der Waals surface area contributed by atoms with E-state index < -0.39 is 11.9 Å². The lowest BCUT2D eigenvalue weighted by atomic mass is 10.1. The van der Waals surface area contributed by atoms with Gasteiger partial charge in [-0.05, 0) is 5.56 Å². The van der Waals surface area contributed by atoms with E-state index in [0.29, 0.717) is 6.54 Å². The minimum atomic E-state index is -0.883. The molecule has 0 aliphatic carbocycles. The van der Waals surface area contributed by atoms with Gasteiger partial charge in [-0.15, -0.1) is 0 Å². The van der Waals surface area contributed by atoms with Crippen LogP contribution in [0.5, 0.6) is 0 Å². The highest BCUT2D eigenvalue weighted by molar-refractivity contribution is 5.78. The molecule has 2 unspecified atom stereocenters. The molecule has 0 bridgehead atoms. The number of carboxylic acids is 1. The first-order valence-electron chi connectivity index (χ1n) is 5.91. The summed E-state index contributed by atoms with van der Waals surface area (Å²) in [6, 6.07) is 9.42. The number of carbonyl (C=O) groups is 2. The Kier molecular flexibility index (Phi) is 3.50. The number of nitrogens with one attached hydrogen (secondary N) is 1. The molecule has 1 aromatic carbocycles. The molecule has 2 rings (SSSR count). The molecule has 1 heterocycles. The number of hydrogen-bond donors (Lipinski definition) is 2. The first kappa shape index (κ1) is 12.4. The van der Waals surface area contributed by atoms with E-state index in [1.807, 2.05) is 30.3 Å². The molecule has 0 aromatic heterocycles. The van der Waals surface area contributed by atoms with E-state index in [-0.39, 0.29) is 18.6 Å². The molecule has 2 N–H and O–H groups in total. The van der Waals surface area contributed by atoms with Gasteiger partial charge in [0.2, 0.25) is 0 Å². The first-order valence-corrected chi connectivity index (χ1v) is 5.91. The molecule has 1 saturated heterocycles. The zero-order valence-corrected chi connectivity index (χ0v) is 10.2. The number of nitrogens with zero attached hydrogens (tertiary/aromatic N) is 1. The molecule has 0 saturated carbocycles. The van der Waals surface area contributed by atoms with Gasteiger partial charge in [-0.1, -0.05) is 37.3 Å². The highest BCUT2D eigenvalue weighted by Gasteiger charge is 2.31. The minimum Gasteiger partial charge on any atom is -0.481 e. The Balaban J connectivity index is 2.01. The number of urea groups is 1. The highest BCUT2D eigenvalue weighted by Crippen LogP contribution is 2.20. The van der Waals surface area contributed by atoms with E-state index in [9.17, 15) is 9.59 Å². The molecule has 18 heavy (non-hydrogen) atoms. The number of rotatable bonds is 4. The number of hydrogen-bond acceptors (Lipinski definition) is 2. The number of carbonyl (C=O) groups excluding carboxylic acids is 1. The topological polar surface area (TPSA) is 69.6 Å². The number of amides is 2. The lowest BCUT2D eigenvalue weighted by Crippen LogP contribution is -2.34. The van der Waals surface area contributed by atoms with Crippen LogP contribution in [0.25, 0.3) is 0 Å². The van der Waals surface area contributed by atoms with Crippen LogP contribution in [0.2, 0.25) is 0 Å². The Morgan fingerprint density at radius 2 is 2.17 bits per heavy atom. The molecule has 5 heteroatoms. The Labute approximate surface area is 105 Å². The van der Waals surface area contributed by atoms with E-state index in [2.05, 4.69) is 5.32 Å². The maximum absolute atomic E-state index is 11.7. The molecular weight excluding hydrogens is 232 g/mol. The molecule has 1 aliphatic heterocycles. The van der Waals surface area contributed by atoms with Crippen molar-refractivity contribution in [3.05, 3.63) is 35.9 Å². The zero-order chi connectivity index (χ0) is 13.1. The Hall–Kier alpha value is -2.04. The van der Waals surface area contributed by atoms with Gasteiger partial charge in [-0.25, -0.2) is 4.79 Å². The van der Waals surface area contributed by atoms with Crippen LogP contribution in [0.3, 0.4) is 0 Å². The molecule has 0 spiro atoms. The van der Waals surface area contributed by atoms with Crippen LogP contribution < -0.4 is 5.32 Å². The molecule has 1 aliphatic rings. The Morgan fingerprint density at radius 1 is 1.50 bits per heavy atom. The third kappa shape index (κ3) is 2.61. The summed E-state index contributed by atoms with van der Waals surface area (Å²) in [7, 11) is 0. The zero-order valence-electron chi connectivity index (χ0n) is 10.2. The predicted molar refractivity (Wildman–Crippen MR) is 66.1 cm³/mol. The summed E-state index contributed by atoms with van der Waals surface area (Å²) in [4.78, 5) is 24.1. The fourth-order valence-electron chi connectivity index (χ4n) is 2.03. The van der Waals surface area contributed by atoms with E-state index in [1.165, 1.54) is 0 Å². The second-order valence-corrected chi connectivity index (χ2v) is 4.56. The lowest BCUT2D eigenvalue weighted by Gasteiger charge is -2.17. The van der Waals surface area contributed by atoms with Crippen molar-refractivity contribution < 1.29 is 14.7 Å². The maximum atomic E-state index is 11.7. The van der Waals surface area contributed by atoms with Crippen LogP contribution in [0.4, 0.5) is 4.79 Å². The number of benzene rings is 1. The fourth-order valence-corrected chi connectivity index (χ4v) is 2.03. The predicted octanol–water partition coefficient (Wildman–Crippen LogP) is 1.47. The van der Waals surface area contributed by atoms with Gasteiger partial charge in [0.1, 0.15) is 0 Å². The van der Waals surface area contributed by atoms with E-state index >= 15 is 0 Å². The SMILES string of the molecule is CC(CN1CC(c2ccccc2)NC1=O)C(=O)O. The maximum Gasteiger partial charge on any atom is 0.318 e. The average Bonchev–Trinajstić information content (AvgIpc) is 2.72. The van der Waals surface area contributed by atoms with Crippen molar-refractivity contribution in [3.63, 3.8) is 0 Å². The van der Waals surface area contributed by atoms with Gasteiger partial charge < -0.3 is 15.3 Å². The average molecular weight is 248 g/mol. The second-order valence-electron chi connectivity index (χ2n) is 4.56. The Bertz CT molecular complexity index is 447. The summed E-state index contributed by atoms with van der Waals surface area (Å²) in [5, 5.41) is 11.7. The molecule has 2 amide bonds. The van der Waals surface area contributed by atoms with E-state index in [1.54, 1.807) is 11.8 Å². The molecule has 2 atom stereocenters. The van der Waals surface area contributed by atoms with Crippen molar-refractivity contribution in [2.24, 2.45) is 5.92 Å². The molecule has 1 fully saturated rings. The molecular formula is C13H16N2O3. The molecule has 96 valence electrons. The van der Waals surface area contributed by atoms with Crippen molar-refractivity contribution in [1.82, 2.24) is 10.2 Å². The monoisotopic (exact) mass is 248 g/mol. The summed E-state index contributed by atoms with van der Waals surface area (Å²) < 4.78 is 0. The lowest BCUT2D eigenvalue weighted by molar-refractivity contribution is -0.141. The van der Waals surface area contributed by atoms with Gasteiger partial charge in [0.25, 0.3) is 0 Å². The van der Waals surface area contributed by atoms with Crippen molar-refractivity contribution in [2.45, 2.75) is 13.0 Å². The second kappa shape index (κ2) is 5.08. The summed E-state index contributed by atoms with van der Waals surface area (Å²) in [5.41, 5.74) is 1.04. The highest BCUT2D eigenvalue weighted by atomic mass is 16.4. The van der Waals surface area contributed by atoms with Crippen LogP contribution in [0.15, 0.2) is 30.3 Å². The largest absolute Gasteiger partial charge is 0.481 e. The van der Waals surface area contributed by atoms with Crippen LogP contribution in [-0.4, -0.2) is 35.1 Å². The van der Waals surface area contributed by atoms with Crippen LogP contribution in [0.1, 0.15) is 18.5 Å². The summed E-state index contributed by atoms with van der Waals surface area (Å²) in [6.45, 7) is 2.36. The van der Waals surface area contributed by atoms with Crippen molar-refractivity contribution in [2.75, 3.05) is 13.1 Å². The van der Waals surface area contributed by atoms with Gasteiger partial charge >= 0.3 is 12.0 Å².